The topological polar surface area (TPSA) is 29.3 Å². The van der Waals surface area contributed by atoms with Crippen LogP contribution in [-0.2, 0) is 6.54 Å². The highest BCUT2D eigenvalue weighted by molar-refractivity contribution is 5.25. The molecule has 0 aliphatic rings. The summed E-state index contributed by atoms with van der Waals surface area (Å²) in [6.07, 6.45) is 2.29. The van der Waals surface area contributed by atoms with E-state index >= 15 is 0 Å². The number of aryl methyl sites for hydroxylation is 1. The third kappa shape index (κ3) is 3.95. The van der Waals surface area contributed by atoms with Crippen LogP contribution in [0, 0.1) is 6.92 Å². The van der Waals surface area contributed by atoms with Crippen molar-refractivity contribution >= 4 is 0 Å². The lowest BCUT2D eigenvalue weighted by atomic mass is 10.1. The summed E-state index contributed by atoms with van der Waals surface area (Å²) in [7, 11) is 2.19. The smallest absolute Gasteiger partial charge is 0.0236 e. The van der Waals surface area contributed by atoms with Crippen molar-refractivity contribution in [2.24, 2.45) is 5.73 Å². The van der Waals surface area contributed by atoms with Gasteiger partial charge in [0.2, 0.25) is 0 Å². The molecule has 0 saturated carbocycles. The van der Waals surface area contributed by atoms with Crippen LogP contribution in [0.1, 0.15) is 30.9 Å². The Morgan fingerprint density at radius 1 is 1.31 bits per heavy atom. The number of rotatable bonds is 6. The molecule has 0 aliphatic heterocycles. The minimum absolute atomic E-state index is 0.600. The molecular weight excluding hydrogens is 196 g/mol. The average Bonchev–Trinajstić information content (AvgIpc) is 2.28. The fourth-order valence-electron chi connectivity index (χ4n) is 1.85. The molecule has 0 amide bonds. The highest BCUT2D eigenvalue weighted by Crippen LogP contribution is 2.13. The lowest BCUT2D eigenvalue weighted by molar-refractivity contribution is 0.235. The van der Waals surface area contributed by atoms with Gasteiger partial charge in [0.25, 0.3) is 0 Å². The summed E-state index contributed by atoms with van der Waals surface area (Å²) in [5.74, 6) is 0. The van der Waals surface area contributed by atoms with E-state index in [0.717, 1.165) is 19.5 Å². The van der Waals surface area contributed by atoms with Crippen LogP contribution in [0.3, 0.4) is 0 Å². The minimum atomic E-state index is 0.600. The van der Waals surface area contributed by atoms with Crippen LogP contribution in [0.15, 0.2) is 24.3 Å². The number of nitrogens with two attached hydrogens (primary N) is 1. The van der Waals surface area contributed by atoms with Gasteiger partial charge in [-0.05, 0) is 51.4 Å². The molecule has 0 spiro atoms. The van der Waals surface area contributed by atoms with Gasteiger partial charge < -0.3 is 5.73 Å². The minimum Gasteiger partial charge on any atom is -0.330 e. The zero-order valence-electron chi connectivity index (χ0n) is 10.7. The van der Waals surface area contributed by atoms with Gasteiger partial charge in [0, 0.05) is 12.6 Å². The standard InChI is InChI=1S/C14H24N2/c1-12-7-4-5-9-14(12)11-16(3)13(2)8-6-10-15/h4-5,7,9,13H,6,8,10-11,15H2,1-3H3. The Labute approximate surface area is 99.5 Å². The molecule has 2 nitrogen and oxygen atoms in total. The molecule has 0 heterocycles. The maximum absolute atomic E-state index is 5.54. The van der Waals surface area contributed by atoms with E-state index in [2.05, 4.69) is 50.1 Å². The van der Waals surface area contributed by atoms with E-state index in [1.807, 2.05) is 0 Å². The molecule has 1 unspecified atom stereocenters. The average molecular weight is 220 g/mol. The van der Waals surface area contributed by atoms with Crippen LogP contribution in [0.25, 0.3) is 0 Å². The Morgan fingerprint density at radius 2 is 2.00 bits per heavy atom. The number of nitrogens with zero attached hydrogens (tertiary/aromatic N) is 1. The molecule has 0 radical (unpaired) electrons. The summed E-state index contributed by atoms with van der Waals surface area (Å²) in [5.41, 5.74) is 8.33. The molecule has 0 saturated heterocycles. The SMILES string of the molecule is Cc1ccccc1CN(C)C(C)CCCN. The highest BCUT2D eigenvalue weighted by Gasteiger charge is 2.09. The van der Waals surface area contributed by atoms with Gasteiger partial charge in [0.15, 0.2) is 0 Å². The summed E-state index contributed by atoms with van der Waals surface area (Å²) in [4.78, 5) is 2.40. The van der Waals surface area contributed by atoms with Gasteiger partial charge in [-0.15, -0.1) is 0 Å². The van der Waals surface area contributed by atoms with E-state index in [1.165, 1.54) is 17.5 Å². The van der Waals surface area contributed by atoms with Crippen molar-refractivity contribution in [1.82, 2.24) is 4.90 Å². The van der Waals surface area contributed by atoms with E-state index in [-0.39, 0.29) is 0 Å². The molecule has 1 atom stereocenters. The lowest BCUT2D eigenvalue weighted by Gasteiger charge is -2.25. The monoisotopic (exact) mass is 220 g/mol. The molecule has 1 rings (SSSR count). The summed E-state index contributed by atoms with van der Waals surface area (Å²) in [5, 5.41) is 0. The maximum atomic E-state index is 5.54. The van der Waals surface area contributed by atoms with Crippen LogP contribution in [0.2, 0.25) is 0 Å². The Hall–Kier alpha value is -0.860. The van der Waals surface area contributed by atoms with E-state index < -0.39 is 0 Å². The number of hydrogen-bond acceptors (Lipinski definition) is 2. The molecule has 2 heteroatoms. The molecule has 2 N–H and O–H groups in total. The third-order valence-corrected chi connectivity index (χ3v) is 3.26. The molecule has 0 aromatic heterocycles. The second-order valence-electron chi connectivity index (χ2n) is 4.62. The Bertz CT molecular complexity index is 309. The Kier molecular flexibility index (Phi) is 5.50. The molecule has 16 heavy (non-hydrogen) atoms. The molecule has 1 aromatic rings. The zero-order valence-corrected chi connectivity index (χ0v) is 10.7. The van der Waals surface area contributed by atoms with Gasteiger partial charge in [0.05, 0.1) is 0 Å². The molecular formula is C14H24N2. The molecule has 0 fully saturated rings. The first-order valence-corrected chi connectivity index (χ1v) is 6.10. The van der Waals surface area contributed by atoms with Crippen molar-refractivity contribution in [3.8, 4) is 0 Å². The highest BCUT2D eigenvalue weighted by atomic mass is 15.1. The van der Waals surface area contributed by atoms with Crippen LogP contribution >= 0.6 is 0 Å². The van der Waals surface area contributed by atoms with Gasteiger partial charge in [-0.25, -0.2) is 0 Å². The quantitative estimate of drug-likeness (QED) is 0.798. The fraction of sp³-hybridized carbons (Fsp3) is 0.571. The van der Waals surface area contributed by atoms with Crippen LogP contribution in [-0.4, -0.2) is 24.5 Å². The van der Waals surface area contributed by atoms with Gasteiger partial charge in [0.1, 0.15) is 0 Å². The van der Waals surface area contributed by atoms with Gasteiger partial charge in [-0.2, -0.15) is 0 Å². The molecule has 0 aliphatic carbocycles. The largest absolute Gasteiger partial charge is 0.330 e. The summed E-state index contributed by atoms with van der Waals surface area (Å²) < 4.78 is 0. The van der Waals surface area contributed by atoms with E-state index in [4.69, 9.17) is 5.73 Å². The Balaban J connectivity index is 2.50. The van der Waals surface area contributed by atoms with Crippen molar-refractivity contribution in [2.45, 2.75) is 39.3 Å². The molecule has 1 aromatic carbocycles. The summed E-state index contributed by atoms with van der Waals surface area (Å²) in [6.45, 7) is 6.27. The first-order chi connectivity index (χ1) is 7.65. The lowest BCUT2D eigenvalue weighted by Crippen LogP contribution is -2.29. The van der Waals surface area contributed by atoms with Crippen molar-refractivity contribution in [2.75, 3.05) is 13.6 Å². The zero-order chi connectivity index (χ0) is 12.0. The second-order valence-corrected chi connectivity index (χ2v) is 4.62. The summed E-state index contributed by atoms with van der Waals surface area (Å²) >= 11 is 0. The molecule has 90 valence electrons. The second kappa shape index (κ2) is 6.66. The van der Waals surface area contributed by atoms with Crippen LogP contribution in [0.4, 0.5) is 0 Å². The van der Waals surface area contributed by atoms with E-state index in [1.54, 1.807) is 0 Å². The van der Waals surface area contributed by atoms with Crippen molar-refractivity contribution < 1.29 is 0 Å². The normalized spacial score (nSPS) is 13.1. The van der Waals surface area contributed by atoms with Gasteiger partial charge in [-0.3, -0.25) is 4.90 Å². The van der Waals surface area contributed by atoms with Crippen LogP contribution in [0.5, 0.6) is 0 Å². The van der Waals surface area contributed by atoms with E-state index in [9.17, 15) is 0 Å². The van der Waals surface area contributed by atoms with E-state index in [0.29, 0.717) is 6.04 Å². The van der Waals surface area contributed by atoms with Crippen LogP contribution < -0.4 is 5.73 Å². The maximum Gasteiger partial charge on any atom is 0.0236 e. The predicted octanol–water partition coefficient (Wildman–Crippen LogP) is 2.55. The van der Waals surface area contributed by atoms with Crippen molar-refractivity contribution in [1.29, 1.82) is 0 Å². The first kappa shape index (κ1) is 13.2. The van der Waals surface area contributed by atoms with Crippen molar-refractivity contribution in [3.05, 3.63) is 35.4 Å². The predicted molar refractivity (Wildman–Crippen MR) is 70.4 cm³/mol. The summed E-state index contributed by atoms with van der Waals surface area (Å²) in [6, 6.07) is 9.19. The van der Waals surface area contributed by atoms with Crippen molar-refractivity contribution in [3.63, 3.8) is 0 Å². The Morgan fingerprint density at radius 3 is 2.62 bits per heavy atom. The first-order valence-electron chi connectivity index (χ1n) is 6.10. The fourth-order valence-corrected chi connectivity index (χ4v) is 1.85. The molecule has 0 bridgehead atoms. The number of benzene rings is 1. The van der Waals surface area contributed by atoms with Gasteiger partial charge in [-0.1, -0.05) is 24.3 Å². The number of hydrogen-bond donors (Lipinski definition) is 1. The third-order valence-electron chi connectivity index (χ3n) is 3.26. The van der Waals surface area contributed by atoms with Gasteiger partial charge >= 0.3 is 0 Å².